The minimum atomic E-state index is -3.83. The number of sulfonamides is 1. The van der Waals surface area contributed by atoms with Crippen molar-refractivity contribution in [3.63, 3.8) is 0 Å². The van der Waals surface area contributed by atoms with Gasteiger partial charge in [-0.2, -0.15) is 4.31 Å². The van der Waals surface area contributed by atoms with Gasteiger partial charge >= 0.3 is 0 Å². The number of carbonyl (C=O) groups is 1. The Balaban J connectivity index is 1.66. The summed E-state index contributed by atoms with van der Waals surface area (Å²) in [6, 6.07) is 16.8. The molecule has 1 N–H and O–H groups in total. The minimum absolute atomic E-state index is 0.0156. The summed E-state index contributed by atoms with van der Waals surface area (Å²) in [4.78, 5) is 19.7. The highest BCUT2D eigenvalue weighted by molar-refractivity contribution is 7.89. The van der Waals surface area contributed by atoms with Crippen molar-refractivity contribution in [3.05, 3.63) is 83.6 Å². The summed E-state index contributed by atoms with van der Waals surface area (Å²) >= 11 is 0. The Bertz CT molecular complexity index is 1500. The molecule has 0 radical (unpaired) electrons. The summed E-state index contributed by atoms with van der Waals surface area (Å²) in [6.07, 6.45) is 0.898. The average molecular weight is 564 g/mol. The number of carbonyl (C=O) groups excluding carboxylic acids is 1. The molecule has 1 aliphatic rings. The second kappa shape index (κ2) is 12.5. The van der Waals surface area contributed by atoms with E-state index < -0.39 is 22.2 Å². The van der Waals surface area contributed by atoms with Gasteiger partial charge in [0, 0.05) is 36.8 Å². The first kappa shape index (κ1) is 29.1. The number of amides is 1. The zero-order valence-corrected chi connectivity index (χ0v) is 23.8. The fourth-order valence-electron chi connectivity index (χ4n) is 4.33. The van der Waals surface area contributed by atoms with Gasteiger partial charge in [0.15, 0.2) is 0 Å². The molecule has 0 saturated heterocycles. The number of hydrogen-bond acceptors (Lipinski definition) is 7. The quantitative estimate of drug-likeness (QED) is 0.440. The number of methoxy groups -OCH3 is 1. The van der Waals surface area contributed by atoms with Crippen molar-refractivity contribution in [2.24, 2.45) is 5.92 Å². The van der Waals surface area contributed by atoms with Gasteiger partial charge in [0.25, 0.3) is 5.91 Å². The van der Waals surface area contributed by atoms with Gasteiger partial charge in [-0.25, -0.2) is 13.4 Å². The maximum atomic E-state index is 13.6. The molecule has 0 fully saturated rings. The van der Waals surface area contributed by atoms with E-state index >= 15 is 0 Å². The third-order valence-electron chi connectivity index (χ3n) is 6.85. The highest BCUT2D eigenvalue weighted by atomic mass is 32.2. The average Bonchev–Trinajstić information content (AvgIpc) is 2.98. The Morgan fingerprint density at radius 2 is 1.82 bits per heavy atom. The van der Waals surface area contributed by atoms with Crippen molar-refractivity contribution >= 4 is 15.9 Å². The maximum absolute atomic E-state index is 13.6. The van der Waals surface area contributed by atoms with E-state index in [4.69, 9.17) is 9.47 Å². The number of benzene rings is 2. The van der Waals surface area contributed by atoms with Gasteiger partial charge in [-0.05, 0) is 49.4 Å². The Morgan fingerprint density at radius 1 is 1.15 bits per heavy atom. The fourth-order valence-corrected chi connectivity index (χ4v) is 5.52. The number of ether oxygens (including phenoxy) is 2. The Hall–Kier alpha value is -3.91. The second-order valence-corrected chi connectivity index (χ2v) is 11.8. The fraction of sp³-hybridized carbons (Fsp3) is 0.333. The van der Waals surface area contributed by atoms with Crippen LogP contribution in [0.15, 0.2) is 71.8 Å². The van der Waals surface area contributed by atoms with E-state index in [1.54, 1.807) is 30.0 Å². The summed E-state index contributed by atoms with van der Waals surface area (Å²) in [5, 5.41) is 9.89. The summed E-state index contributed by atoms with van der Waals surface area (Å²) < 4.78 is 39.2. The highest BCUT2D eigenvalue weighted by Gasteiger charge is 2.36. The summed E-state index contributed by atoms with van der Waals surface area (Å²) in [7, 11) is -0.829. The lowest BCUT2D eigenvalue weighted by atomic mass is 10.0. The zero-order valence-electron chi connectivity index (χ0n) is 22.9. The summed E-state index contributed by atoms with van der Waals surface area (Å²) in [5.74, 6) is 6.13. The standard InChI is InChI=1S/C30H33N3O6S/c1-21-18-33(22(2)20-34)30(35)27-16-24(11-10-23-8-6-5-7-9-23)17-31-29(27)39-28(21)19-32(3)40(36,37)26-14-12-25(38-4)13-15-26/h5-9,12-17,21-22,28,34H,18-20H2,1-4H3/t21-,22+,28-/m0/s1. The molecule has 10 heteroatoms. The van der Waals surface area contributed by atoms with E-state index in [0.29, 0.717) is 11.3 Å². The Morgan fingerprint density at radius 3 is 2.48 bits per heavy atom. The van der Waals surface area contributed by atoms with E-state index in [1.165, 1.54) is 36.8 Å². The molecular formula is C30H33N3O6S. The van der Waals surface area contributed by atoms with Crippen LogP contribution in [0.5, 0.6) is 11.6 Å². The van der Waals surface area contributed by atoms with Crippen molar-refractivity contribution < 1.29 is 27.8 Å². The monoisotopic (exact) mass is 563 g/mol. The molecule has 0 saturated carbocycles. The molecule has 0 bridgehead atoms. The molecule has 0 unspecified atom stereocenters. The predicted octanol–water partition coefficient (Wildman–Crippen LogP) is 3.03. The summed E-state index contributed by atoms with van der Waals surface area (Å²) in [6.45, 7) is 3.68. The normalized spacial score (nSPS) is 18.1. The highest BCUT2D eigenvalue weighted by Crippen LogP contribution is 2.28. The van der Waals surface area contributed by atoms with Crippen molar-refractivity contribution in [2.45, 2.75) is 30.9 Å². The molecule has 2 aromatic carbocycles. The minimum Gasteiger partial charge on any atom is -0.497 e. The van der Waals surface area contributed by atoms with Crippen molar-refractivity contribution in [1.29, 1.82) is 0 Å². The lowest BCUT2D eigenvalue weighted by Crippen LogP contribution is -2.50. The van der Waals surface area contributed by atoms with Gasteiger partial charge in [0.05, 0.1) is 31.2 Å². The van der Waals surface area contributed by atoms with Crippen LogP contribution in [-0.2, 0) is 10.0 Å². The smallest absolute Gasteiger partial charge is 0.259 e. The van der Waals surface area contributed by atoms with E-state index in [2.05, 4.69) is 16.8 Å². The van der Waals surface area contributed by atoms with Crippen LogP contribution < -0.4 is 9.47 Å². The zero-order chi connectivity index (χ0) is 28.9. The molecule has 0 spiro atoms. The van der Waals surface area contributed by atoms with Gasteiger partial charge in [-0.15, -0.1) is 0 Å². The van der Waals surface area contributed by atoms with Gasteiger partial charge in [-0.1, -0.05) is 37.0 Å². The van der Waals surface area contributed by atoms with Crippen molar-refractivity contribution in [3.8, 4) is 23.5 Å². The number of likely N-dealkylation sites (N-methyl/N-ethyl adjacent to an activating group) is 1. The molecule has 40 heavy (non-hydrogen) atoms. The lowest BCUT2D eigenvalue weighted by molar-refractivity contribution is 0.0373. The molecule has 1 aliphatic heterocycles. The third kappa shape index (κ3) is 6.45. The summed E-state index contributed by atoms with van der Waals surface area (Å²) in [5.41, 5.74) is 1.56. The van der Waals surface area contributed by atoms with Crippen LogP contribution >= 0.6 is 0 Å². The first-order valence-corrected chi connectivity index (χ1v) is 14.3. The molecule has 1 aromatic heterocycles. The first-order valence-electron chi connectivity index (χ1n) is 12.9. The number of aromatic nitrogens is 1. The lowest BCUT2D eigenvalue weighted by Gasteiger charge is -2.37. The Labute approximate surface area is 235 Å². The number of aliphatic hydroxyl groups is 1. The molecule has 3 aromatic rings. The molecule has 0 aliphatic carbocycles. The number of hydrogen-bond donors (Lipinski definition) is 1. The third-order valence-corrected chi connectivity index (χ3v) is 8.69. The maximum Gasteiger partial charge on any atom is 0.259 e. The molecule has 9 nitrogen and oxygen atoms in total. The van der Waals surface area contributed by atoms with E-state index in [0.717, 1.165) is 5.56 Å². The van der Waals surface area contributed by atoms with Crippen LogP contribution in [0.3, 0.4) is 0 Å². The predicted molar refractivity (Wildman–Crippen MR) is 151 cm³/mol. The van der Waals surface area contributed by atoms with E-state index in [-0.39, 0.29) is 47.9 Å². The SMILES string of the molecule is COc1ccc(S(=O)(=O)N(C)C[C@@H]2Oc3ncc(C#Cc4ccccc4)cc3C(=O)N([C@H](C)CO)C[C@@H]2C)cc1. The number of pyridine rings is 1. The van der Waals surface area contributed by atoms with Gasteiger partial charge in [0.2, 0.25) is 15.9 Å². The van der Waals surface area contributed by atoms with Gasteiger partial charge < -0.3 is 19.5 Å². The van der Waals surface area contributed by atoms with Crippen LogP contribution in [0.25, 0.3) is 0 Å². The van der Waals surface area contributed by atoms with E-state index in [9.17, 15) is 18.3 Å². The number of nitrogens with zero attached hydrogens (tertiary/aromatic N) is 3. The van der Waals surface area contributed by atoms with Crippen LogP contribution in [-0.4, -0.2) is 79.6 Å². The number of aliphatic hydroxyl groups excluding tert-OH is 1. The van der Waals surface area contributed by atoms with Gasteiger partial charge in [0.1, 0.15) is 17.4 Å². The second-order valence-electron chi connectivity index (χ2n) is 9.78. The van der Waals surface area contributed by atoms with Crippen LogP contribution in [0.2, 0.25) is 0 Å². The molecule has 2 heterocycles. The largest absolute Gasteiger partial charge is 0.497 e. The molecule has 3 atom stereocenters. The van der Waals surface area contributed by atoms with Crippen molar-refractivity contribution in [2.75, 3.05) is 33.9 Å². The first-order chi connectivity index (χ1) is 19.1. The number of rotatable bonds is 7. The molecular weight excluding hydrogens is 530 g/mol. The molecule has 1 amide bonds. The van der Waals surface area contributed by atoms with E-state index in [1.807, 2.05) is 37.3 Å². The van der Waals surface area contributed by atoms with Crippen LogP contribution in [0.4, 0.5) is 0 Å². The Kier molecular flexibility index (Phi) is 9.10. The van der Waals surface area contributed by atoms with Gasteiger partial charge in [-0.3, -0.25) is 4.79 Å². The van der Waals surface area contributed by atoms with Crippen LogP contribution in [0, 0.1) is 17.8 Å². The molecule has 210 valence electrons. The molecule has 4 rings (SSSR count). The topological polar surface area (TPSA) is 109 Å². The van der Waals surface area contributed by atoms with Crippen molar-refractivity contribution in [1.82, 2.24) is 14.2 Å². The number of fused-ring (bicyclic) bond motifs is 1. The van der Waals surface area contributed by atoms with Crippen LogP contribution in [0.1, 0.15) is 35.3 Å².